The first-order valence-corrected chi connectivity index (χ1v) is 6.70. The molecule has 106 valence electrons. The summed E-state index contributed by atoms with van der Waals surface area (Å²) in [5.41, 5.74) is 3.40. The lowest BCUT2D eigenvalue weighted by molar-refractivity contribution is 0.0600. The van der Waals surface area contributed by atoms with Gasteiger partial charge in [0.15, 0.2) is 0 Å². The van der Waals surface area contributed by atoms with Crippen molar-refractivity contribution in [1.82, 2.24) is 4.98 Å². The van der Waals surface area contributed by atoms with Crippen LogP contribution in [0.2, 0.25) is 0 Å². The van der Waals surface area contributed by atoms with Gasteiger partial charge < -0.3 is 9.47 Å². The molecule has 0 saturated heterocycles. The molecule has 0 N–H and O–H groups in total. The standard InChI is InChI=1S/C17H15NO3/c1-11-8-14(13-4-3-7-18-10-13)15-9-12(17(19)20-2)5-6-16(15)21-11/h3-11H,1-2H3. The van der Waals surface area contributed by atoms with Crippen LogP contribution in [0.15, 0.2) is 48.8 Å². The van der Waals surface area contributed by atoms with Crippen molar-refractivity contribution in [3.05, 3.63) is 65.5 Å². The minimum absolute atomic E-state index is 0.0308. The normalized spacial score (nSPS) is 16.5. The minimum atomic E-state index is -0.359. The first-order valence-electron chi connectivity index (χ1n) is 6.70. The molecule has 0 radical (unpaired) electrons. The van der Waals surface area contributed by atoms with Gasteiger partial charge in [-0.25, -0.2) is 4.79 Å². The second-order valence-corrected chi connectivity index (χ2v) is 4.85. The largest absolute Gasteiger partial charge is 0.486 e. The van der Waals surface area contributed by atoms with Crippen LogP contribution in [0.4, 0.5) is 0 Å². The molecule has 1 unspecified atom stereocenters. The average Bonchev–Trinajstić information content (AvgIpc) is 2.53. The maximum Gasteiger partial charge on any atom is 0.337 e. The van der Waals surface area contributed by atoms with E-state index in [1.807, 2.05) is 25.1 Å². The van der Waals surface area contributed by atoms with Crippen molar-refractivity contribution in [1.29, 1.82) is 0 Å². The Morgan fingerprint density at radius 2 is 2.19 bits per heavy atom. The van der Waals surface area contributed by atoms with Gasteiger partial charge >= 0.3 is 5.97 Å². The molecule has 1 atom stereocenters. The summed E-state index contributed by atoms with van der Waals surface area (Å²) >= 11 is 0. The van der Waals surface area contributed by atoms with Crippen molar-refractivity contribution in [3.8, 4) is 5.75 Å². The van der Waals surface area contributed by atoms with Crippen LogP contribution in [0.3, 0.4) is 0 Å². The Labute approximate surface area is 123 Å². The summed E-state index contributed by atoms with van der Waals surface area (Å²) in [6, 6.07) is 9.20. The Balaban J connectivity index is 2.13. The van der Waals surface area contributed by atoms with Gasteiger partial charge in [0.2, 0.25) is 0 Å². The number of methoxy groups -OCH3 is 1. The average molecular weight is 281 g/mol. The van der Waals surface area contributed by atoms with E-state index in [-0.39, 0.29) is 12.1 Å². The third-order valence-corrected chi connectivity index (χ3v) is 3.38. The number of benzene rings is 1. The third kappa shape index (κ3) is 2.52. The topological polar surface area (TPSA) is 48.4 Å². The monoisotopic (exact) mass is 281 g/mol. The molecule has 21 heavy (non-hydrogen) atoms. The van der Waals surface area contributed by atoms with E-state index in [1.165, 1.54) is 7.11 Å². The Morgan fingerprint density at radius 3 is 2.90 bits per heavy atom. The fourth-order valence-electron chi connectivity index (χ4n) is 2.42. The zero-order valence-electron chi connectivity index (χ0n) is 11.9. The SMILES string of the molecule is COC(=O)c1ccc2c(c1)C(c1cccnc1)=CC(C)O2. The van der Waals surface area contributed by atoms with Gasteiger partial charge in [-0.1, -0.05) is 6.07 Å². The minimum Gasteiger partial charge on any atom is -0.486 e. The third-order valence-electron chi connectivity index (χ3n) is 3.38. The van der Waals surface area contributed by atoms with E-state index in [1.54, 1.807) is 30.6 Å². The van der Waals surface area contributed by atoms with Crippen LogP contribution in [-0.4, -0.2) is 24.2 Å². The fourth-order valence-corrected chi connectivity index (χ4v) is 2.42. The summed E-state index contributed by atoms with van der Waals surface area (Å²) in [6.07, 6.45) is 5.54. The van der Waals surface area contributed by atoms with E-state index in [4.69, 9.17) is 9.47 Å². The van der Waals surface area contributed by atoms with Gasteiger partial charge in [0, 0.05) is 23.5 Å². The Hall–Kier alpha value is -2.62. The van der Waals surface area contributed by atoms with Crippen molar-refractivity contribution in [2.75, 3.05) is 7.11 Å². The van der Waals surface area contributed by atoms with Gasteiger partial charge in [-0.3, -0.25) is 4.98 Å². The number of ether oxygens (including phenoxy) is 2. The zero-order chi connectivity index (χ0) is 14.8. The number of esters is 1. The number of carbonyl (C=O) groups excluding carboxylic acids is 1. The van der Waals surface area contributed by atoms with Crippen molar-refractivity contribution < 1.29 is 14.3 Å². The quantitative estimate of drug-likeness (QED) is 0.794. The van der Waals surface area contributed by atoms with Crippen LogP contribution in [0.25, 0.3) is 5.57 Å². The summed E-state index contributed by atoms with van der Waals surface area (Å²) in [7, 11) is 1.37. The molecule has 1 aromatic heterocycles. The second kappa shape index (κ2) is 5.40. The van der Waals surface area contributed by atoms with Crippen LogP contribution in [-0.2, 0) is 4.74 Å². The van der Waals surface area contributed by atoms with Gasteiger partial charge in [0.05, 0.1) is 12.7 Å². The van der Waals surface area contributed by atoms with Gasteiger partial charge in [-0.15, -0.1) is 0 Å². The van der Waals surface area contributed by atoms with Gasteiger partial charge in [0.1, 0.15) is 11.9 Å². The van der Waals surface area contributed by atoms with E-state index >= 15 is 0 Å². The molecule has 0 spiro atoms. The lowest BCUT2D eigenvalue weighted by Gasteiger charge is -2.23. The number of fused-ring (bicyclic) bond motifs is 1. The van der Waals surface area contributed by atoms with Crippen molar-refractivity contribution >= 4 is 11.5 Å². The molecule has 0 aliphatic carbocycles. The zero-order valence-corrected chi connectivity index (χ0v) is 11.9. The molecule has 0 fully saturated rings. The molecule has 4 nitrogen and oxygen atoms in total. The van der Waals surface area contributed by atoms with E-state index < -0.39 is 0 Å². The summed E-state index contributed by atoms with van der Waals surface area (Å²) < 4.78 is 10.6. The van der Waals surface area contributed by atoms with E-state index in [0.717, 1.165) is 22.4 Å². The molecule has 2 heterocycles. The van der Waals surface area contributed by atoms with E-state index in [0.29, 0.717) is 5.56 Å². The first-order chi connectivity index (χ1) is 10.2. The molecular formula is C17H15NO3. The van der Waals surface area contributed by atoms with Crippen LogP contribution < -0.4 is 4.74 Å². The van der Waals surface area contributed by atoms with Crippen LogP contribution in [0, 0.1) is 0 Å². The molecule has 1 aliphatic heterocycles. The van der Waals surface area contributed by atoms with Gasteiger partial charge in [-0.2, -0.15) is 0 Å². The highest BCUT2D eigenvalue weighted by atomic mass is 16.5. The Kier molecular flexibility index (Phi) is 3.44. The predicted molar refractivity (Wildman–Crippen MR) is 79.2 cm³/mol. The smallest absolute Gasteiger partial charge is 0.337 e. The summed E-state index contributed by atoms with van der Waals surface area (Å²) in [4.78, 5) is 15.9. The first kappa shape index (κ1) is 13.4. The number of hydrogen-bond acceptors (Lipinski definition) is 4. The van der Waals surface area contributed by atoms with Crippen LogP contribution in [0.5, 0.6) is 5.75 Å². The van der Waals surface area contributed by atoms with Crippen LogP contribution in [0.1, 0.15) is 28.4 Å². The molecule has 3 rings (SSSR count). The highest BCUT2D eigenvalue weighted by Crippen LogP contribution is 2.36. The summed E-state index contributed by atoms with van der Waals surface area (Å²) in [6.45, 7) is 1.98. The molecule has 1 aliphatic rings. The van der Waals surface area contributed by atoms with E-state index in [2.05, 4.69) is 4.98 Å². The van der Waals surface area contributed by atoms with Crippen molar-refractivity contribution in [3.63, 3.8) is 0 Å². The lowest BCUT2D eigenvalue weighted by atomic mass is 9.93. The Bertz CT molecular complexity index is 707. The maximum atomic E-state index is 11.7. The lowest BCUT2D eigenvalue weighted by Crippen LogP contribution is -2.16. The molecular weight excluding hydrogens is 266 g/mol. The highest BCUT2D eigenvalue weighted by Gasteiger charge is 2.21. The molecule has 2 aromatic rings. The predicted octanol–water partition coefficient (Wildman–Crippen LogP) is 3.08. The number of carbonyl (C=O) groups is 1. The van der Waals surface area contributed by atoms with Crippen LogP contribution >= 0.6 is 0 Å². The summed E-state index contributed by atoms with van der Waals surface area (Å²) in [5, 5.41) is 0. The van der Waals surface area contributed by atoms with Gasteiger partial charge in [0.25, 0.3) is 0 Å². The molecule has 0 bridgehead atoms. The molecule has 0 saturated carbocycles. The Morgan fingerprint density at radius 1 is 1.33 bits per heavy atom. The van der Waals surface area contributed by atoms with Crippen molar-refractivity contribution in [2.45, 2.75) is 13.0 Å². The number of pyridine rings is 1. The van der Waals surface area contributed by atoms with Crippen molar-refractivity contribution in [2.24, 2.45) is 0 Å². The summed E-state index contributed by atoms with van der Waals surface area (Å²) in [5.74, 6) is 0.401. The second-order valence-electron chi connectivity index (χ2n) is 4.85. The number of rotatable bonds is 2. The fraction of sp³-hybridized carbons (Fsp3) is 0.176. The number of hydrogen-bond donors (Lipinski definition) is 0. The number of nitrogens with zero attached hydrogens (tertiary/aromatic N) is 1. The highest BCUT2D eigenvalue weighted by molar-refractivity contribution is 5.93. The molecule has 1 aromatic carbocycles. The molecule has 4 heteroatoms. The van der Waals surface area contributed by atoms with E-state index in [9.17, 15) is 4.79 Å². The van der Waals surface area contributed by atoms with Gasteiger partial charge in [-0.05, 0) is 42.8 Å². The molecule has 0 amide bonds. The maximum absolute atomic E-state index is 11.7. The number of aromatic nitrogens is 1.